The molecule has 0 unspecified atom stereocenters. The Morgan fingerprint density at radius 1 is 1.38 bits per heavy atom. The fraction of sp³-hybridized carbons (Fsp3) is 0.556. The minimum Gasteiger partial charge on any atom is -0.790 e. The number of nitrogen functional groups attached to an aromatic ring is 1. The summed E-state index contributed by atoms with van der Waals surface area (Å²) in [6.07, 6.45) is -4.51. The Morgan fingerprint density at radius 2 is 1.96 bits per heavy atom. The van der Waals surface area contributed by atoms with Crippen LogP contribution in [0.2, 0.25) is 0 Å². The van der Waals surface area contributed by atoms with E-state index < -0.39 is 44.7 Å². The zero-order valence-corrected chi connectivity index (χ0v) is 17.8. The molecule has 15 heteroatoms. The quantitative estimate of drug-likeness (QED) is 0.328. The number of rotatable bonds is 4. The maximum absolute atomic E-state index is 11.6. The second-order valence-corrected chi connectivity index (χ2v) is 5.48. The van der Waals surface area contributed by atoms with Gasteiger partial charge in [0.2, 0.25) is 0 Å². The largest absolute Gasteiger partial charge is 1.00 e. The Morgan fingerprint density at radius 3 is 2.46 bits per heavy atom. The number of aliphatic hydroxyl groups is 2. The van der Waals surface area contributed by atoms with Crippen molar-refractivity contribution in [3.8, 4) is 0 Å². The van der Waals surface area contributed by atoms with Crippen LogP contribution in [-0.2, 0) is 13.8 Å². The van der Waals surface area contributed by atoms with Gasteiger partial charge in [0.05, 0.1) is 14.4 Å². The summed E-state index contributed by atoms with van der Waals surface area (Å²) in [5.74, 6) is -0.0391. The molecule has 0 aliphatic carbocycles. The fourth-order valence-corrected chi connectivity index (χ4v) is 2.21. The summed E-state index contributed by atoms with van der Waals surface area (Å²) < 4.78 is 20.4. The molecule has 1 fully saturated rings. The van der Waals surface area contributed by atoms with Crippen molar-refractivity contribution in [1.82, 2.24) is 9.55 Å². The summed E-state index contributed by atoms with van der Waals surface area (Å²) >= 11 is 0. The number of hydrogen-bond donors (Lipinski definition) is 3. The van der Waals surface area contributed by atoms with Crippen LogP contribution in [0.1, 0.15) is 6.23 Å². The Balaban J connectivity index is 0. The number of aromatic nitrogens is 2. The molecule has 0 bridgehead atoms. The number of phosphoric acid groups is 1. The third-order valence-corrected chi connectivity index (χ3v) is 3.33. The standard InChI is InChI=1S/C9H14N3O8P.2Na.H2O/c10-5-1-2-12(9(15)11-5)8-7(14)6(13)4(20-8)3-19-21(16,17)18;;;/h1-2,4,6-8,13-14H,3H2,(H2,10,11,15)(H2,16,17,18);;;1H2/q;2*+1;/p-2/t4-,6-,7-,8-;;;/m1.../s1. The molecule has 1 aromatic rings. The molecule has 0 spiro atoms. The molecule has 2 heterocycles. The van der Waals surface area contributed by atoms with Gasteiger partial charge in [-0.3, -0.25) is 4.57 Å². The number of nitrogens with two attached hydrogens (primary N) is 1. The molecule has 0 radical (unpaired) electrons. The van der Waals surface area contributed by atoms with Gasteiger partial charge in [-0.1, -0.05) is 0 Å². The molecule has 0 amide bonds. The third kappa shape index (κ3) is 6.74. The average molecular weight is 385 g/mol. The van der Waals surface area contributed by atoms with Gasteiger partial charge in [-0.25, -0.2) is 4.79 Å². The van der Waals surface area contributed by atoms with Crippen LogP contribution in [0.5, 0.6) is 0 Å². The maximum atomic E-state index is 11.6. The van der Waals surface area contributed by atoms with E-state index in [4.69, 9.17) is 10.5 Å². The predicted octanol–water partition coefficient (Wildman–Crippen LogP) is -10.5. The number of hydrogen-bond acceptors (Lipinski definition) is 10. The average Bonchev–Trinajstić information content (AvgIpc) is 2.64. The van der Waals surface area contributed by atoms with Crippen LogP contribution >= 0.6 is 7.82 Å². The summed E-state index contributed by atoms with van der Waals surface area (Å²) in [5, 5.41) is 19.6. The van der Waals surface area contributed by atoms with E-state index >= 15 is 0 Å². The molecule has 12 nitrogen and oxygen atoms in total. The first-order valence-electron chi connectivity index (χ1n) is 5.72. The smallest absolute Gasteiger partial charge is 0.790 e. The molecule has 126 valence electrons. The van der Waals surface area contributed by atoms with Crippen molar-refractivity contribution >= 4 is 13.6 Å². The van der Waals surface area contributed by atoms with E-state index in [1.807, 2.05) is 0 Å². The molecule has 0 saturated carbocycles. The van der Waals surface area contributed by atoms with Gasteiger partial charge in [0.25, 0.3) is 0 Å². The topological polar surface area (TPSA) is 215 Å². The van der Waals surface area contributed by atoms with Crippen LogP contribution in [0, 0.1) is 0 Å². The van der Waals surface area contributed by atoms with Crippen molar-refractivity contribution in [2.75, 3.05) is 12.3 Å². The van der Waals surface area contributed by atoms with Gasteiger partial charge in [-0.2, -0.15) is 4.98 Å². The first kappa shape index (κ1) is 26.9. The van der Waals surface area contributed by atoms with Crippen LogP contribution < -0.4 is 80.3 Å². The molecule has 2 rings (SSSR count). The van der Waals surface area contributed by atoms with Crippen LogP contribution in [0.4, 0.5) is 5.82 Å². The first-order chi connectivity index (χ1) is 9.69. The Bertz CT molecular complexity index is 627. The Hall–Kier alpha value is 0.630. The molecular weight excluding hydrogens is 371 g/mol. The molecule has 24 heavy (non-hydrogen) atoms. The van der Waals surface area contributed by atoms with E-state index in [-0.39, 0.29) is 70.4 Å². The zero-order chi connectivity index (χ0) is 15.8. The number of nitrogens with zero attached hydrogens (tertiary/aromatic N) is 2. The van der Waals surface area contributed by atoms with E-state index in [0.29, 0.717) is 0 Å². The molecule has 1 saturated heterocycles. The SMILES string of the molecule is Nc1ccn([C@@H]2O[C@H](COP(=O)([O-])[O-])[C@@H](O)[C@H]2O)c(=O)n1.O.[Na+].[Na+]. The maximum Gasteiger partial charge on any atom is 1.00 e. The summed E-state index contributed by atoms with van der Waals surface area (Å²) in [6, 6.07) is 1.27. The molecular formula is C9H14N3Na2O9P. The van der Waals surface area contributed by atoms with Crippen molar-refractivity contribution < 1.29 is 98.4 Å². The van der Waals surface area contributed by atoms with Crippen molar-refractivity contribution in [2.45, 2.75) is 24.5 Å². The summed E-state index contributed by atoms with van der Waals surface area (Å²) in [7, 11) is -5.24. The second kappa shape index (κ2) is 10.7. The van der Waals surface area contributed by atoms with E-state index in [0.717, 1.165) is 4.57 Å². The summed E-state index contributed by atoms with van der Waals surface area (Å²) in [6.45, 7) is -0.782. The van der Waals surface area contributed by atoms with Crippen LogP contribution in [-0.4, -0.2) is 50.2 Å². The normalized spacial score (nSPS) is 26.0. The molecule has 6 N–H and O–H groups in total. The molecule has 1 aliphatic rings. The first-order valence-corrected chi connectivity index (χ1v) is 7.18. The molecule has 0 aromatic carbocycles. The number of anilines is 1. The minimum absolute atomic E-state index is 0. The third-order valence-electron chi connectivity index (χ3n) is 2.86. The molecule has 1 aromatic heterocycles. The van der Waals surface area contributed by atoms with E-state index in [1.165, 1.54) is 12.3 Å². The predicted molar refractivity (Wildman–Crippen MR) is 66.0 cm³/mol. The monoisotopic (exact) mass is 385 g/mol. The Labute approximate surface area is 180 Å². The number of ether oxygens (including phenoxy) is 1. The van der Waals surface area contributed by atoms with Crippen molar-refractivity contribution in [3.63, 3.8) is 0 Å². The number of phosphoric ester groups is 1. The van der Waals surface area contributed by atoms with Crippen molar-refractivity contribution in [2.24, 2.45) is 0 Å². The van der Waals surface area contributed by atoms with Gasteiger partial charge in [-0.15, -0.1) is 0 Å². The van der Waals surface area contributed by atoms with E-state index in [2.05, 4.69) is 9.51 Å². The summed E-state index contributed by atoms with van der Waals surface area (Å²) in [5.41, 5.74) is 4.49. The minimum atomic E-state index is -5.24. The van der Waals surface area contributed by atoms with E-state index in [9.17, 15) is 29.4 Å². The fourth-order valence-electron chi connectivity index (χ4n) is 1.88. The summed E-state index contributed by atoms with van der Waals surface area (Å²) in [4.78, 5) is 35.8. The van der Waals surface area contributed by atoms with E-state index in [1.54, 1.807) is 0 Å². The Kier molecular flexibility index (Phi) is 12.0. The zero-order valence-electron chi connectivity index (χ0n) is 12.9. The van der Waals surface area contributed by atoms with Crippen molar-refractivity contribution in [3.05, 3.63) is 22.7 Å². The molecule has 4 atom stereocenters. The van der Waals surface area contributed by atoms with Gasteiger partial charge < -0.3 is 45.0 Å². The van der Waals surface area contributed by atoms with Gasteiger partial charge >= 0.3 is 64.8 Å². The van der Waals surface area contributed by atoms with Gasteiger partial charge in [0.1, 0.15) is 24.1 Å². The van der Waals surface area contributed by atoms with Gasteiger partial charge in [0.15, 0.2) is 6.23 Å². The molecule has 1 aliphatic heterocycles. The van der Waals surface area contributed by atoms with Crippen LogP contribution in [0.3, 0.4) is 0 Å². The second-order valence-electron chi connectivity index (χ2n) is 4.33. The van der Waals surface area contributed by atoms with Crippen molar-refractivity contribution in [1.29, 1.82) is 0 Å². The van der Waals surface area contributed by atoms with Crippen LogP contribution in [0.25, 0.3) is 0 Å². The number of aliphatic hydroxyl groups excluding tert-OH is 2. The van der Waals surface area contributed by atoms with Gasteiger partial charge in [-0.05, 0) is 6.07 Å². The van der Waals surface area contributed by atoms with Gasteiger partial charge in [0, 0.05) is 6.20 Å². The van der Waals surface area contributed by atoms with Crippen LogP contribution in [0.15, 0.2) is 17.1 Å².